The van der Waals surface area contributed by atoms with Gasteiger partial charge in [-0.25, -0.2) is 0 Å². The van der Waals surface area contributed by atoms with Crippen molar-refractivity contribution in [2.45, 2.75) is 12.7 Å². The molecule has 1 aliphatic rings. The zero-order valence-corrected chi connectivity index (χ0v) is 14.1. The van der Waals surface area contributed by atoms with Gasteiger partial charge in [0.15, 0.2) is 0 Å². The van der Waals surface area contributed by atoms with E-state index in [4.69, 9.17) is 0 Å². The Hall–Kier alpha value is -2.21. The van der Waals surface area contributed by atoms with Crippen LogP contribution in [0.3, 0.4) is 0 Å². The van der Waals surface area contributed by atoms with E-state index in [0.29, 0.717) is 12.2 Å². The molecule has 1 atom stereocenters. The van der Waals surface area contributed by atoms with E-state index in [1.54, 1.807) is 17.2 Å². The zero-order valence-electron chi connectivity index (χ0n) is 11.7. The number of rotatable bonds is 3. The van der Waals surface area contributed by atoms with E-state index in [1.807, 2.05) is 30.3 Å². The quantitative estimate of drug-likeness (QED) is 0.820. The van der Waals surface area contributed by atoms with Crippen LogP contribution in [-0.4, -0.2) is 32.0 Å². The molecule has 1 N–H and O–H groups in total. The second-order valence-electron chi connectivity index (χ2n) is 4.78. The Balaban J connectivity index is 1.89. The van der Waals surface area contributed by atoms with Gasteiger partial charge in [-0.05, 0) is 0 Å². The van der Waals surface area contributed by atoms with Crippen LogP contribution in [0.25, 0.3) is 5.70 Å². The number of hydrogen-bond acceptors (Lipinski definition) is 5. The third kappa shape index (κ3) is 3.59. The van der Waals surface area contributed by atoms with Crippen LogP contribution in [0.15, 0.2) is 51.5 Å². The van der Waals surface area contributed by atoms with E-state index in [2.05, 4.69) is 20.1 Å². The predicted molar refractivity (Wildman–Crippen MR) is 79.0 cm³/mol. The van der Waals surface area contributed by atoms with Crippen LogP contribution in [0.5, 0.6) is 0 Å². The number of alkyl halides is 3. The molecular formula is C14H12AsF3N4O. The molecule has 9 heteroatoms. The molecule has 0 amide bonds. The van der Waals surface area contributed by atoms with Crippen LogP contribution in [0.2, 0.25) is 0 Å². The molecule has 1 unspecified atom stereocenters. The fourth-order valence-corrected chi connectivity index (χ4v) is 2.57. The van der Waals surface area contributed by atoms with Crippen molar-refractivity contribution in [3.63, 3.8) is 0 Å². The predicted octanol–water partition coefficient (Wildman–Crippen LogP) is 1.92. The molecule has 0 radical (unpaired) electrons. The van der Waals surface area contributed by atoms with Gasteiger partial charge in [-0.3, -0.25) is 0 Å². The van der Waals surface area contributed by atoms with Gasteiger partial charge in [0.05, 0.1) is 0 Å². The summed E-state index contributed by atoms with van der Waals surface area (Å²) in [7, 11) is 0. The van der Waals surface area contributed by atoms with Gasteiger partial charge >= 0.3 is 138 Å². The van der Waals surface area contributed by atoms with Crippen LogP contribution < -0.4 is 5.43 Å². The Kier molecular flexibility index (Phi) is 4.17. The van der Waals surface area contributed by atoms with Crippen molar-refractivity contribution in [3.8, 4) is 0 Å². The first-order valence-corrected chi connectivity index (χ1v) is 7.81. The van der Waals surface area contributed by atoms with Gasteiger partial charge in [0.2, 0.25) is 0 Å². The number of allylic oxidation sites excluding steroid dienone is 2. The first-order valence-electron chi connectivity index (χ1n) is 6.60. The van der Waals surface area contributed by atoms with E-state index in [0.717, 1.165) is 10.0 Å². The fraction of sp³-hybridized carbons (Fsp3) is 0.143. The van der Waals surface area contributed by atoms with Gasteiger partial charge in [-0.1, -0.05) is 0 Å². The van der Waals surface area contributed by atoms with Crippen molar-refractivity contribution in [3.05, 3.63) is 64.2 Å². The van der Waals surface area contributed by atoms with E-state index in [9.17, 15) is 13.2 Å². The molecule has 1 aromatic heterocycles. The van der Waals surface area contributed by atoms with E-state index in [-0.39, 0.29) is 5.82 Å². The van der Waals surface area contributed by atoms with Crippen LogP contribution in [-0.2, 0) is 12.7 Å². The molecule has 0 saturated carbocycles. The van der Waals surface area contributed by atoms with Gasteiger partial charge in [0.1, 0.15) is 0 Å². The summed E-state index contributed by atoms with van der Waals surface area (Å²) in [5.41, 5.74) is 4.52. The summed E-state index contributed by atoms with van der Waals surface area (Å²) in [5, 5.41) is 5.13. The number of hydrogen-bond donors (Lipinski definition) is 1. The number of nitrogens with zero attached hydrogens (tertiary/aromatic N) is 3. The summed E-state index contributed by atoms with van der Waals surface area (Å²) in [5.74, 6) is -1.47. The summed E-state index contributed by atoms with van der Waals surface area (Å²) in [6.45, 7) is 0.448. The standard InChI is InChI=1S/C14H12AsF3N4O/c15-11-7-6-10(12-19-13(23-21-12)14(16,17)18)22(20-11)8-9-4-2-1-3-5-9/h1-7,20H,8,15H2. The first-order chi connectivity index (χ1) is 10.9. The van der Waals surface area contributed by atoms with E-state index >= 15 is 0 Å². The average Bonchev–Trinajstić information content (AvgIpc) is 2.98. The molecule has 0 spiro atoms. The molecular weight excluding hydrogens is 372 g/mol. The number of benzene rings is 1. The molecule has 23 heavy (non-hydrogen) atoms. The Bertz CT molecular complexity index is 755. The third-order valence-corrected chi connectivity index (χ3v) is 3.73. The van der Waals surface area contributed by atoms with Crippen molar-refractivity contribution in [2.24, 2.45) is 0 Å². The van der Waals surface area contributed by atoms with Crippen molar-refractivity contribution >= 4 is 22.5 Å². The van der Waals surface area contributed by atoms with Gasteiger partial charge in [-0.2, -0.15) is 0 Å². The summed E-state index contributed by atoms with van der Waals surface area (Å²) in [4.78, 5) is 3.45. The van der Waals surface area contributed by atoms with E-state index in [1.165, 1.54) is 16.9 Å². The van der Waals surface area contributed by atoms with Crippen LogP contribution in [0.4, 0.5) is 13.2 Å². The minimum atomic E-state index is -4.66. The molecule has 5 nitrogen and oxygen atoms in total. The summed E-state index contributed by atoms with van der Waals surface area (Å²) in [6.07, 6.45) is -1.23. The molecule has 0 saturated heterocycles. The maximum atomic E-state index is 12.6. The normalized spacial score (nSPS) is 15.0. The van der Waals surface area contributed by atoms with Gasteiger partial charge in [0.25, 0.3) is 0 Å². The van der Waals surface area contributed by atoms with Gasteiger partial charge < -0.3 is 0 Å². The van der Waals surface area contributed by atoms with Crippen molar-refractivity contribution < 1.29 is 17.7 Å². The molecule has 0 fully saturated rings. The van der Waals surface area contributed by atoms with Crippen molar-refractivity contribution in [1.82, 2.24) is 20.6 Å². The number of halogens is 3. The molecule has 2 heterocycles. The molecule has 120 valence electrons. The molecule has 3 rings (SSSR count). The fourth-order valence-electron chi connectivity index (χ4n) is 2.04. The van der Waals surface area contributed by atoms with Gasteiger partial charge in [0, 0.05) is 0 Å². The van der Waals surface area contributed by atoms with Crippen LogP contribution >= 0.6 is 0 Å². The zero-order chi connectivity index (χ0) is 16.4. The van der Waals surface area contributed by atoms with Crippen LogP contribution in [0.1, 0.15) is 17.3 Å². The SMILES string of the molecule is FC(F)(F)c1nc(C2=CC=C([AsH2])NN2Cc2ccccc2)no1. The number of aromatic nitrogens is 2. The molecule has 0 aliphatic carbocycles. The Labute approximate surface area is 138 Å². The second-order valence-corrected chi connectivity index (χ2v) is 6.08. The molecule has 1 aliphatic heterocycles. The Morgan fingerprint density at radius 1 is 1.17 bits per heavy atom. The average molecular weight is 384 g/mol. The van der Waals surface area contributed by atoms with E-state index < -0.39 is 12.1 Å². The van der Waals surface area contributed by atoms with Crippen molar-refractivity contribution in [1.29, 1.82) is 0 Å². The topological polar surface area (TPSA) is 54.2 Å². The number of nitrogens with one attached hydrogen (secondary N) is 1. The summed E-state index contributed by atoms with van der Waals surface area (Å²) >= 11 is 1.37. The Morgan fingerprint density at radius 3 is 2.57 bits per heavy atom. The molecule has 2 aromatic rings. The van der Waals surface area contributed by atoms with Crippen LogP contribution in [0, 0.1) is 0 Å². The molecule has 1 aromatic carbocycles. The third-order valence-electron chi connectivity index (χ3n) is 3.06. The summed E-state index contributed by atoms with van der Waals surface area (Å²) in [6, 6.07) is 9.54. The monoisotopic (exact) mass is 384 g/mol. The number of hydrazine groups is 1. The summed E-state index contributed by atoms with van der Waals surface area (Å²) < 4.78 is 43.1. The van der Waals surface area contributed by atoms with Gasteiger partial charge in [-0.15, -0.1) is 0 Å². The molecule has 0 bridgehead atoms. The maximum absolute atomic E-state index is 12.6. The second kappa shape index (κ2) is 6.12. The minimum absolute atomic E-state index is 0.114. The first kappa shape index (κ1) is 15.7. The Morgan fingerprint density at radius 2 is 1.91 bits per heavy atom. The van der Waals surface area contributed by atoms with Crippen molar-refractivity contribution in [2.75, 3.05) is 0 Å².